The number of sulfonamides is 1. The number of nitrogens with one attached hydrogen (secondary N) is 1. The van der Waals surface area contributed by atoms with Gasteiger partial charge in [-0.05, 0) is 50.2 Å². The lowest BCUT2D eigenvalue weighted by molar-refractivity contribution is -0.135. The number of piperidine rings is 1. The van der Waals surface area contributed by atoms with Crippen molar-refractivity contribution in [1.82, 2.24) is 9.62 Å². The molecule has 5 nitrogen and oxygen atoms in total. The fourth-order valence-electron chi connectivity index (χ4n) is 3.25. The van der Waals surface area contributed by atoms with E-state index >= 15 is 0 Å². The average molecular weight is 367 g/mol. The molecule has 0 saturated carbocycles. The second-order valence-electron chi connectivity index (χ2n) is 7.65. The molecule has 25 heavy (non-hydrogen) atoms. The summed E-state index contributed by atoms with van der Waals surface area (Å²) in [5, 5.41) is 0. The zero-order valence-corrected chi connectivity index (χ0v) is 16.5. The molecule has 1 aromatic carbocycles. The number of carbonyl (C=O) groups excluding carboxylic acids is 1. The molecular formula is C19H30N2O3S. The first-order chi connectivity index (χ1) is 11.7. The van der Waals surface area contributed by atoms with E-state index in [9.17, 15) is 13.2 Å². The fraction of sp³-hybridized carbons (Fsp3) is 0.632. The maximum Gasteiger partial charge on any atom is 0.241 e. The van der Waals surface area contributed by atoms with E-state index in [0.29, 0.717) is 25.4 Å². The first kappa shape index (κ1) is 19.9. The summed E-state index contributed by atoms with van der Waals surface area (Å²) < 4.78 is 28.1. The van der Waals surface area contributed by atoms with E-state index in [1.54, 1.807) is 24.3 Å². The molecule has 2 atom stereocenters. The van der Waals surface area contributed by atoms with Gasteiger partial charge in [0, 0.05) is 13.1 Å². The first-order valence-electron chi connectivity index (χ1n) is 9.07. The number of likely N-dealkylation sites (tertiary alicyclic amines) is 1. The van der Waals surface area contributed by atoms with Crippen molar-refractivity contribution < 1.29 is 13.2 Å². The number of nitrogens with zero attached hydrogens (tertiary/aromatic N) is 1. The SMILES string of the molecule is Cc1ccc(S(=O)(=O)NC(CC(C)C)C(=O)N2CCCC(C)C2)cc1. The molecule has 1 fully saturated rings. The van der Waals surface area contributed by atoms with E-state index in [1.807, 2.05) is 25.7 Å². The molecule has 1 aliphatic heterocycles. The number of amides is 1. The van der Waals surface area contributed by atoms with Gasteiger partial charge in [-0.25, -0.2) is 8.42 Å². The lowest BCUT2D eigenvalue weighted by atomic mass is 9.98. The number of rotatable bonds is 6. The summed E-state index contributed by atoms with van der Waals surface area (Å²) >= 11 is 0. The van der Waals surface area contributed by atoms with Gasteiger partial charge in [0.1, 0.15) is 6.04 Å². The zero-order chi connectivity index (χ0) is 18.6. The zero-order valence-electron chi connectivity index (χ0n) is 15.7. The summed E-state index contributed by atoms with van der Waals surface area (Å²) in [6.07, 6.45) is 2.59. The molecule has 1 N–H and O–H groups in total. The molecule has 2 unspecified atom stereocenters. The van der Waals surface area contributed by atoms with Crippen LogP contribution < -0.4 is 4.72 Å². The molecule has 1 aliphatic rings. The minimum Gasteiger partial charge on any atom is -0.341 e. The molecule has 1 heterocycles. The highest BCUT2D eigenvalue weighted by molar-refractivity contribution is 7.89. The Labute approximate surface area is 151 Å². The molecule has 1 amide bonds. The molecule has 2 rings (SSSR count). The Kier molecular flexibility index (Phi) is 6.63. The molecule has 140 valence electrons. The van der Waals surface area contributed by atoms with Crippen LogP contribution in [0.2, 0.25) is 0 Å². The van der Waals surface area contributed by atoms with Gasteiger partial charge in [-0.2, -0.15) is 4.72 Å². The van der Waals surface area contributed by atoms with Gasteiger partial charge in [0.25, 0.3) is 0 Å². The average Bonchev–Trinajstić information content (AvgIpc) is 2.53. The van der Waals surface area contributed by atoms with Crippen LogP contribution >= 0.6 is 0 Å². The van der Waals surface area contributed by atoms with Crippen LogP contribution in [0.3, 0.4) is 0 Å². The van der Waals surface area contributed by atoms with Crippen LogP contribution in [0.15, 0.2) is 29.2 Å². The number of hydrogen-bond acceptors (Lipinski definition) is 3. The van der Waals surface area contributed by atoms with Gasteiger partial charge in [-0.15, -0.1) is 0 Å². The van der Waals surface area contributed by atoms with E-state index in [1.165, 1.54) is 0 Å². The second-order valence-corrected chi connectivity index (χ2v) is 9.36. The quantitative estimate of drug-likeness (QED) is 0.842. The van der Waals surface area contributed by atoms with Gasteiger partial charge in [-0.1, -0.05) is 38.5 Å². The van der Waals surface area contributed by atoms with Gasteiger partial charge in [0.05, 0.1) is 4.90 Å². The standard InChI is InChI=1S/C19H30N2O3S/c1-14(2)12-18(19(22)21-11-5-6-16(4)13-21)20-25(23,24)17-9-7-15(3)8-10-17/h7-10,14,16,18,20H,5-6,11-13H2,1-4H3. The van der Waals surface area contributed by atoms with E-state index < -0.39 is 16.1 Å². The van der Waals surface area contributed by atoms with E-state index in [4.69, 9.17) is 0 Å². The lowest BCUT2D eigenvalue weighted by Gasteiger charge is -2.34. The van der Waals surface area contributed by atoms with Gasteiger partial charge in [-0.3, -0.25) is 4.79 Å². The highest BCUT2D eigenvalue weighted by atomic mass is 32.2. The predicted octanol–water partition coefficient (Wildman–Crippen LogP) is 2.95. The summed E-state index contributed by atoms with van der Waals surface area (Å²) in [6.45, 7) is 9.46. The van der Waals surface area contributed by atoms with Crippen molar-refractivity contribution >= 4 is 15.9 Å². The number of aryl methyl sites for hydroxylation is 1. The van der Waals surface area contributed by atoms with Crippen LogP contribution in [0.1, 0.15) is 45.6 Å². The molecule has 0 aliphatic carbocycles. The minimum atomic E-state index is -3.72. The third kappa shape index (κ3) is 5.54. The van der Waals surface area contributed by atoms with Gasteiger partial charge in [0.15, 0.2) is 0 Å². The topological polar surface area (TPSA) is 66.5 Å². The van der Waals surface area contributed by atoms with Crippen molar-refractivity contribution in [3.8, 4) is 0 Å². The van der Waals surface area contributed by atoms with Gasteiger partial charge < -0.3 is 4.90 Å². The predicted molar refractivity (Wildman–Crippen MR) is 99.7 cm³/mol. The van der Waals surface area contributed by atoms with Crippen molar-refractivity contribution in [2.24, 2.45) is 11.8 Å². The summed E-state index contributed by atoms with van der Waals surface area (Å²) in [7, 11) is -3.72. The number of benzene rings is 1. The van der Waals surface area contributed by atoms with Crippen molar-refractivity contribution in [2.45, 2.75) is 57.9 Å². The summed E-state index contributed by atoms with van der Waals surface area (Å²) in [5.74, 6) is 0.582. The Morgan fingerprint density at radius 1 is 1.28 bits per heavy atom. The third-order valence-corrected chi connectivity index (χ3v) is 6.09. The molecular weight excluding hydrogens is 336 g/mol. The van der Waals surface area contributed by atoms with Crippen molar-refractivity contribution in [3.63, 3.8) is 0 Å². The maximum absolute atomic E-state index is 12.9. The first-order valence-corrected chi connectivity index (χ1v) is 10.5. The second kappa shape index (κ2) is 8.32. The van der Waals surface area contributed by atoms with Crippen LogP contribution in [-0.4, -0.2) is 38.4 Å². The molecule has 6 heteroatoms. The van der Waals surface area contributed by atoms with E-state index in [0.717, 1.165) is 18.4 Å². The van der Waals surface area contributed by atoms with Crippen LogP contribution in [0.5, 0.6) is 0 Å². The molecule has 0 radical (unpaired) electrons. The van der Waals surface area contributed by atoms with Crippen molar-refractivity contribution in [2.75, 3.05) is 13.1 Å². The van der Waals surface area contributed by atoms with Gasteiger partial charge >= 0.3 is 0 Å². The lowest BCUT2D eigenvalue weighted by Crippen LogP contribution is -2.51. The normalized spacial score (nSPS) is 19.9. The van der Waals surface area contributed by atoms with E-state index in [-0.39, 0.29) is 16.7 Å². The monoisotopic (exact) mass is 366 g/mol. The number of hydrogen-bond donors (Lipinski definition) is 1. The Balaban J connectivity index is 2.19. The highest BCUT2D eigenvalue weighted by Gasteiger charge is 2.31. The molecule has 0 aromatic heterocycles. The smallest absolute Gasteiger partial charge is 0.241 e. The Bertz CT molecular complexity index is 683. The summed E-state index contributed by atoms with van der Waals surface area (Å²) in [5.41, 5.74) is 0.996. The van der Waals surface area contributed by atoms with Gasteiger partial charge in [0.2, 0.25) is 15.9 Å². The third-order valence-electron chi connectivity index (χ3n) is 4.60. The largest absolute Gasteiger partial charge is 0.341 e. The Hall–Kier alpha value is -1.40. The van der Waals surface area contributed by atoms with E-state index in [2.05, 4.69) is 11.6 Å². The Morgan fingerprint density at radius 3 is 2.48 bits per heavy atom. The summed E-state index contributed by atoms with van der Waals surface area (Å²) in [6, 6.07) is 5.98. The maximum atomic E-state index is 12.9. The van der Waals surface area contributed by atoms with Crippen molar-refractivity contribution in [1.29, 1.82) is 0 Å². The van der Waals surface area contributed by atoms with Crippen LogP contribution in [0, 0.1) is 18.8 Å². The van der Waals surface area contributed by atoms with Crippen molar-refractivity contribution in [3.05, 3.63) is 29.8 Å². The van der Waals surface area contributed by atoms with Crippen LogP contribution in [0.4, 0.5) is 0 Å². The highest BCUT2D eigenvalue weighted by Crippen LogP contribution is 2.19. The summed E-state index contributed by atoms with van der Waals surface area (Å²) in [4.78, 5) is 15.0. The molecule has 1 aromatic rings. The molecule has 0 bridgehead atoms. The Morgan fingerprint density at radius 2 is 1.92 bits per heavy atom. The molecule has 1 saturated heterocycles. The van der Waals surface area contributed by atoms with Crippen LogP contribution in [0.25, 0.3) is 0 Å². The number of carbonyl (C=O) groups is 1. The molecule has 0 spiro atoms. The fourth-order valence-corrected chi connectivity index (χ4v) is 4.46. The minimum absolute atomic E-state index is 0.101. The van der Waals surface area contributed by atoms with Crippen LogP contribution in [-0.2, 0) is 14.8 Å².